The zero-order chi connectivity index (χ0) is 28.5. The number of para-hydroxylation sites is 1. The summed E-state index contributed by atoms with van der Waals surface area (Å²) in [6, 6.07) is 6.89. The van der Waals surface area contributed by atoms with Crippen LogP contribution in [0.2, 0.25) is 0 Å². The molecule has 4 rings (SSSR count). The van der Waals surface area contributed by atoms with Gasteiger partial charge in [0.2, 0.25) is 5.95 Å². The van der Waals surface area contributed by atoms with Crippen LogP contribution in [0.25, 0.3) is 11.2 Å². The van der Waals surface area contributed by atoms with Gasteiger partial charge in [-0.1, -0.05) is 29.8 Å². The number of nitrogens with two attached hydrogens (primary N) is 2. The monoisotopic (exact) mass is 587 g/mol. The molecule has 0 bridgehead atoms. The highest BCUT2D eigenvalue weighted by Gasteiger charge is 2.58. The van der Waals surface area contributed by atoms with Crippen LogP contribution in [0, 0.1) is 0 Å². The molecule has 0 amide bonds. The minimum atomic E-state index is -4.33. The minimum Gasteiger partial charge on any atom is -0.462 e. The fraction of sp³-hybridized carbons (Fsp3) is 0.455. The summed E-state index contributed by atoms with van der Waals surface area (Å²) in [6.45, 7) is 4.06. The molecule has 39 heavy (non-hydrogen) atoms. The molecule has 1 aliphatic heterocycles. The number of esters is 1. The van der Waals surface area contributed by atoms with Crippen molar-refractivity contribution < 1.29 is 37.4 Å². The molecule has 0 radical (unpaired) electrons. The standard InChI is InChI=1S/C22H28ClFN7O7P/c1-11(2)36-19(33)12(3)30-39(34,38-13-7-5-4-6-8-13)35-9-14-16(32)22(23,24)20(37-14)31-10-27-15-17(25)28-21(26)29-18(15)31/h4-8,10-12,14,16,20,32H,9H2,1-3H3,(H,30,34)(H4,25,26,28,29)/t12-,14-,16-,20-,22-,39-/m1/s1. The lowest BCUT2D eigenvalue weighted by Crippen LogP contribution is -2.40. The van der Waals surface area contributed by atoms with Gasteiger partial charge in [0.25, 0.3) is 5.13 Å². The molecule has 3 aromatic rings. The van der Waals surface area contributed by atoms with Crippen molar-refractivity contribution in [1.82, 2.24) is 24.6 Å². The van der Waals surface area contributed by atoms with Crippen LogP contribution in [-0.2, 0) is 23.4 Å². The second-order valence-electron chi connectivity index (χ2n) is 8.97. The molecule has 3 heterocycles. The van der Waals surface area contributed by atoms with Crippen molar-refractivity contribution in [3.05, 3.63) is 36.7 Å². The molecular weight excluding hydrogens is 560 g/mol. The Labute approximate surface area is 227 Å². The van der Waals surface area contributed by atoms with Gasteiger partial charge in [0.05, 0.1) is 19.0 Å². The zero-order valence-electron chi connectivity index (χ0n) is 21.1. The maximum atomic E-state index is 15.6. The Hall–Kier alpha value is -3.07. The van der Waals surface area contributed by atoms with Crippen molar-refractivity contribution in [2.45, 2.75) is 56.5 Å². The number of anilines is 2. The Bertz CT molecular complexity index is 1380. The molecule has 1 aliphatic rings. The van der Waals surface area contributed by atoms with Crippen LogP contribution in [0.3, 0.4) is 0 Å². The van der Waals surface area contributed by atoms with Crippen molar-refractivity contribution in [3.63, 3.8) is 0 Å². The van der Waals surface area contributed by atoms with Gasteiger partial charge < -0.3 is 30.6 Å². The van der Waals surface area contributed by atoms with Crippen LogP contribution in [0.15, 0.2) is 36.7 Å². The fourth-order valence-electron chi connectivity index (χ4n) is 3.74. The van der Waals surface area contributed by atoms with E-state index in [1.54, 1.807) is 32.0 Å². The Morgan fingerprint density at radius 3 is 2.67 bits per heavy atom. The lowest BCUT2D eigenvalue weighted by Gasteiger charge is -2.25. The first kappa shape index (κ1) is 28.9. The van der Waals surface area contributed by atoms with Crippen molar-refractivity contribution in [2.75, 3.05) is 18.1 Å². The molecule has 1 aromatic carbocycles. The van der Waals surface area contributed by atoms with Crippen molar-refractivity contribution in [2.24, 2.45) is 0 Å². The molecule has 0 aliphatic carbocycles. The Balaban J connectivity index is 1.55. The van der Waals surface area contributed by atoms with E-state index < -0.39 is 56.0 Å². The Morgan fingerprint density at radius 2 is 2.00 bits per heavy atom. The summed E-state index contributed by atoms with van der Waals surface area (Å²) in [7, 11) is -4.33. The number of imidazole rings is 1. The number of nitrogens with zero attached hydrogens (tertiary/aromatic N) is 4. The van der Waals surface area contributed by atoms with Gasteiger partial charge in [0.15, 0.2) is 17.7 Å². The molecule has 6 N–H and O–H groups in total. The van der Waals surface area contributed by atoms with E-state index in [4.69, 9.17) is 41.6 Å². The van der Waals surface area contributed by atoms with Crippen LogP contribution < -0.4 is 21.1 Å². The first-order valence-corrected chi connectivity index (χ1v) is 13.7. The number of halogens is 2. The average molecular weight is 588 g/mol. The summed E-state index contributed by atoms with van der Waals surface area (Å²) in [5.74, 6) is -0.808. The SMILES string of the molecule is CC(C)OC(=O)[C@@H](C)N[P@@](=O)(OC[C@H]1O[C@@H](n2cnc3c(N)nc(N)nc32)[C@@](F)(Cl)[C@@H]1O)Oc1ccccc1. The number of nitrogens with one attached hydrogen (secondary N) is 1. The molecular formula is C22H28ClFN7O7P. The number of hydrogen-bond acceptors (Lipinski definition) is 12. The molecule has 212 valence electrons. The number of benzene rings is 1. The number of aliphatic hydroxyl groups is 1. The summed E-state index contributed by atoms with van der Waals surface area (Å²) < 4.78 is 52.3. The molecule has 14 nitrogen and oxygen atoms in total. The lowest BCUT2D eigenvalue weighted by atomic mass is 10.1. The topological polar surface area (TPSA) is 199 Å². The van der Waals surface area contributed by atoms with E-state index in [0.717, 1.165) is 10.9 Å². The highest BCUT2D eigenvalue weighted by Crippen LogP contribution is 2.49. The molecule has 1 saturated heterocycles. The van der Waals surface area contributed by atoms with Gasteiger partial charge in [-0.3, -0.25) is 13.9 Å². The molecule has 0 spiro atoms. The van der Waals surface area contributed by atoms with Crippen molar-refractivity contribution >= 4 is 48.2 Å². The predicted octanol–water partition coefficient (Wildman–Crippen LogP) is 2.29. The number of carbonyl (C=O) groups excluding carboxylic acids is 1. The van der Waals surface area contributed by atoms with Gasteiger partial charge >= 0.3 is 13.7 Å². The normalized spacial score (nSPS) is 25.5. The smallest absolute Gasteiger partial charge is 0.459 e. The Morgan fingerprint density at radius 1 is 1.31 bits per heavy atom. The summed E-state index contributed by atoms with van der Waals surface area (Å²) in [4.78, 5) is 24.2. The molecule has 0 saturated carbocycles. The molecule has 17 heteroatoms. The number of fused-ring (bicyclic) bond motifs is 1. The summed E-state index contributed by atoms with van der Waals surface area (Å²) >= 11 is 6.08. The maximum absolute atomic E-state index is 15.6. The third-order valence-corrected chi connectivity index (χ3v) is 7.59. The van der Waals surface area contributed by atoms with Crippen LogP contribution in [0.4, 0.5) is 16.2 Å². The second-order valence-corrected chi connectivity index (χ2v) is 11.2. The molecule has 6 atom stereocenters. The second kappa shape index (κ2) is 11.2. The third kappa shape index (κ3) is 6.24. The number of nitrogen functional groups attached to an aromatic ring is 2. The number of rotatable bonds is 10. The van der Waals surface area contributed by atoms with Crippen molar-refractivity contribution in [3.8, 4) is 5.75 Å². The van der Waals surface area contributed by atoms with E-state index >= 15 is 4.39 Å². The van der Waals surface area contributed by atoms with E-state index in [1.165, 1.54) is 19.1 Å². The zero-order valence-corrected chi connectivity index (χ0v) is 22.8. The summed E-state index contributed by atoms with van der Waals surface area (Å²) in [6.07, 6.45) is -4.35. The maximum Gasteiger partial charge on any atom is 0.459 e. The number of ether oxygens (including phenoxy) is 2. The van der Waals surface area contributed by atoms with Crippen molar-refractivity contribution in [1.29, 1.82) is 0 Å². The Kier molecular flexibility index (Phi) is 8.30. The van der Waals surface area contributed by atoms with Crippen LogP contribution in [0.1, 0.15) is 27.0 Å². The van der Waals surface area contributed by atoms with E-state index in [2.05, 4.69) is 20.0 Å². The first-order valence-electron chi connectivity index (χ1n) is 11.7. The van der Waals surface area contributed by atoms with E-state index in [1.807, 2.05) is 0 Å². The van der Waals surface area contributed by atoms with Crippen LogP contribution in [-0.4, -0.2) is 66.7 Å². The third-order valence-electron chi connectivity index (χ3n) is 5.53. The quantitative estimate of drug-likeness (QED) is 0.153. The van der Waals surface area contributed by atoms with Gasteiger partial charge in [-0.2, -0.15) is 15.1 Å². The van der Waals surface area contributed by atoms with Gasteiger partial charge in [-0.15, -0.1) is 0 Å². The summed E-state index contributed by atoms with van der Waals surface area (Å²) in [5, 5.41) is 10.3. The van der Waals surface area contributed by atoms with Crippen LogP contribution in [0.5, 0.6) is 5.75 Å². The van der Waals surface area contributed by atoms with E-state index in [9.17, 15) is 14.5 Å². The summed E-state index contributed by atoms with van der Waals surface area (Å²) in [5.41, 5.74) is 11.6. The average Bonchev–Trinajstić information content (AvgIpc) is 3.36. The van der Waals surface area contributed by atoms with E-state index in [-0.39, 0.29) is 28.7 Å². The highest BCUT2D eigenvalue weighted by molar-refractivity contribution is 7.52. The first-order chi connectivity index (χ1) is 18.3. The molecule has 0 unspecified atom stereocenters. The number of alkyl halides is 2. The molecule has 1 fully saturated rings. The lowest BCUT2D eigenvalue weighted by molar-refractivity contribution is -0.149. The van der Waals surface area contributed by atoms with Gasteiger partial charge in [0, 0.05) is 0 Å². The number of hydrogen-bond donors (Lipinski definition) is 4. The largest absolute Gasteiger partial charge is 0.462 e. The number of aromatic nitrogens is 4. The number of aliphatic hydroxyl groups excluding tert-OH is 1. The van der Waals surface area contributed by atoms with Gasteiger partial charge in [-0.05, 0) is 32.9 Å². The fourth-order valence-corrected chi connectivity index (χ4v) is 5.54. The number of carbonyl (C=O) groups is 1. The van der Waals surface area contributed by atoms with Gasteiger partial charge in [0.1, 0.15) is 29.5 Å². The highest BCUT2D eigenvalue weighted by atomic mass is 35.5. The van der Waals surface area contributed by atoms with Crippen LogP contribution >= 0.6 is 19.3 Å². The minimum absolute atomic E-state index is 0.0127. The molecule has 2 aromatic heterocycles. The van der Waals surface area contributed by atoms with Gasteiger partial charge in [-0.25, -0.2) is 13.9 Å². The predicted molar refractivity (Wildman–Crippen MR) is 138 cm³/mol. The van der Waals surface area contributed by atoms with E-state index in [0.29, 0.717) is 0 Å².